The Morgan fingerprint density at radius 3 is 2.48 bits per heavy atom. The van der Waals surface area contributed by atoms with Crippen molar-refractivity contribution in [1.29, 1.82) is 0 Å². The second-order valence-electron chi connectivity index (χ2n) is 11.8. The summed E-state index contributed by atoms with van der Waals surface area (Å²) < 4.78 is 0. The topological polar surface area (TPSA) is 194 Å². The number of nitrogens with two attached hydrogens (primary N) is 1. The van der Waals surface area contributed by atoms with Gasteiger partial charge in [0.25, 0.3) is 5.91 Å². The van der Waals surface area contributed by atoms with Gasteiger partial charge < -0.3 is 31.1 Å². The Balaban J connectivity index is 1.46. The number of Topliss-reactive ketones (excluding diaryl/α,β-unsaturated/α-hetero) is 3. The minimum absolute atomic E-state index is 0.00616. The number of amides is 1. The maximum Gasteiger partial charge on any atom is 0.255 e. The fourth-order valence-corrected chi connectivity index (χ4v) is 7.15. The number of aromatic nitrogens is 1. The summed E-state index contributed by atoms with van der Waals surface area (Å²) in [5, 5.41) is 45.2. The third kappa shape index (κ3) is 4.19. The summed E-state index contributed by atoms with van der Waals surface area (Å²) in [6.07, 6.45) is 1.97. The van der Waals surface area contributed by atoms with Gasteiger partial charge in [-0.15, -0.1) is 0 Å². The Labute approximate surface area is 251 Å². The molecule has 0 radical (unpaired) electrons. The number of benzene rings is 2. The maximum absolute atomic E-state index is 14.0. The second-order valence-corrected chi connectivity index (χ2v) is 11.8. The van der Waals surface area contributed by atoms with Gasteiger partial charge in [-0.25, -0.2) is 0 Å². The first kappa shape index (κ1) is 29.1. The summed E-state index contributed by atoms with van der Waals surface area (Å²) in [4.78, 5) is 56.6. The van der Waals surface area contributed by atoms with Crippen molar-refractivity contribution in [2.45, 2.75) is 30.9 Å². The molecule has 0 saturated heterocycles. The number of hydrogen-bond acceptors (Lipinski definition) is 9. The van der Waals surface area contributed by atoms with Crippen LogP contribution in [-0.2, 0) is 27.2 Å². The quantitative estimate of drug-likeness (QED) is 0.183. The van der Waals surface area contributed by atoms with Crippen molar-refractivity contribution in [3.8, 4) is 16.9 Å². The lowest BCUT2D eigenvalue weighted by molar-refractivity contribution is -0.153. The Morgan fingerprint density at radius 1 is 1.07 bits per heavy atom. The number of primary amides is 1. The fourth-order valence-electron chi connectivity index (χ4n) is 7.15. The van der Waals surface area contributed by atoms with Crippen LogP contribution in [0.4, 0.5) is 0 Å². The zero-order valence-electron chi connectivity index (χ0n) is 24.0. The Hall–Kier alpha value is -5.00. The third-order valence-electron chi connectivity index (χ3n) is 9.11. The van der Waals surface area contributed by atoms with Crippen LogP contribution in [0.3, 0.4) is 0 Å². The van der Waals surface area contributed by atoms with E-state index in [1.807, 2.05) is 18.2 Å². The van der Waals surface area contributed by atoms with Crippen molar-refractivity contribution >= 4 is 29.0 Å². The molecule has 1 fully saturated rings. The van der Waals surface area contributed by atoms with Crippen LogP contribution >= 0.6 is 0 Å². The molecule has 7 N–H and O–H groups in total. The van der Waals surface area contributed by atoms with E-state index >= 15 is 0 Å². The molecule has 3 aromatic rings. The van der Waals surface area contributed by atoms with Crippen molar-refractivity contribution in [3.63, 3.8) is 0 Å². The van der Waals surface area contributed by atoms with Gasteiger partial charge >= 0.3 is 0 Å². The van der Waals surface area contributed by atoms with Crippen LogP contribution in [0.5, 0.6) is 5.75 Å². The number of fused-ring (bicyclic) bond motifs is 3. The number of aromatic amines is 1. The summed E-state index contributed by atoms with van der Waals surface area (Å²) in [5.41, 5.74) is 4.79. The zero-order valence-corrected chi connectivity index (χ0v) is 24.0. The van der Waals surface area contributed by atoms with E-state index in [2.05, 4.69) is 4.98 Å². The highest BCUT2D eigenvalue weighted by Gasteiger charge is 2.64. The number of carbonyl (C=O) groups is 4. The van der Waals surface area contributed by atoms with Crippen LogP contribution in [0, 0.1) is 11.8 Å². The number of ketones is 3. The van der Waals surface area contributed by atoms with Gasteiger partial charge in [0, 0.05) is 24.1 Å². The standard InChI is InChI=1S/C33H31N3O8/c1-36(2)27-20-14-17-13-19-18(16-6-3-5-15(11-16)12-23(38)21-7-4-10-35-21)8-9-22(37)25(19)28(39)24(17)30(41)33(20,44)31(42)26(29(27)40)32(34)43/h3-11,17,20,27,35,37,39,42,44H,12-14H2,1-2H3,(H2,34,43). The average Bonchev–Trinajstić information content (AvgIpc) is 3.50. The van der Waals surface area contributed by atoms with Gasteiger partial charge in [0.05, 0.1) is 17.3 Å². The summed E-state index contributed by atoms with van der Waals surface area (Å²) in [6, 6.07) is 12.7. The monoisotopic (exact) mass is 597 g/mol. The molecular weight excluding hydrogens is 566 g/mol. The summed E-state index contributed by atoms with van der Waals surface area (Å²) in [5.74, 6) is -7.08. The molecule has 4 unspecified atom stereocenters. The molecule has 11 nitrogen and oxygen atoms in total. The van der Waals surface area contributed by atoms with Crippen molar-refractivity contribution in [2.24, 2.45) is 17.6 Å². The molecule has 1 saturated carbocycles. The maximum atomic E-state index is 14.0. The van der Waals surface area contributed by atoms with Crippen molar-refractivity contribution in [3.05, 3.63) is 94.0 Å². The van der Waals surface area contributed by atoms with E-state index in [4.69, 9.17) is 5.73 Å². The molecule has 44 heavy (non-hydrogen) atoms. The van der Waals surface area contributed by atoms with Crippen molar-refractivity contribution in [2.75, 3.05) is 14.1 Å². The lowest BCUT2D eigenvalue weighted by Crippen LogP contribution is -2.65. The first-order chi connectivity index (χ1) is 20.9. The molecule has 0 aliphatic heterocycles. The number of phenolic OH excluding ortho intramolecular Hbond substituents is 1. The number of likely N-dealkylation sites (N-methyl/N-ethyl adjacent to an activating group) is 1. The average molecular weight is 598 g/mol. The molecule has 3 aliphatic carbocycles. The normalized spacial score (nSPS) is 24.7. The second kappa shape index (κ2) is 10.3. The van der Waals surface area contributed by atoms with Crippen LogP contribution in [0.2, 0.25) is 0 Å². The number of aliphatic hydroxyl groups is 3. The van der Waals surface area contributed by atoms with Gasteiger partial charge in [-0.05, 0) is 73.3 Å². The first-order valence-corrected chi connectivity index (χ1v) is 14.1. The lowest BCUT2D eigenvalue weighted by Gasteiger charge is -2.50. The van der Waals surface area contributed by atoms with Crippen LogP contribution in [0.15, 0.2) is 71.6 Å². The van der Waals surface area contributed by atoms with Crippen molar-refractivity contribution < 1.29 is 39.6 Å². The number of rotatable bonds is 6. The lowest BCUT2D eigenvalue weighted by atomic mass is 9.57. The molecule has 2 aromatic carbocycles. The minimum atomic E-state index is -2.70. The molecule has 1 heterocycles. The number of aliphatic hydroxyl groups excluding tert-OH is 2. The number of phenols is 1. The van der Waals surface area contributed by atoms with Gasteiger partial charge in [0.1, 0.15) is 22.8 Å². The zero-order chi connectivity index (χ0) is 31.7. The van der Waals surface area contributed by atoms with E-state index in [1.54, 1.807) is 44.6 Å². The van der Waals surface area contributed by atoms with Crippen LogP contribution in [0.25, 0.3) is 16.9 Å². The molecule has 4 atom stereocenters. The van der Waals surface area contributed by atoms with Gasteiger partial charge in [-0.3, -0.25) is 24.1 Å². The number of H-pyrrole nitrogens is 1. The molecular formula is C33H31N3O8. The molecule has 6 rings (SSSR count). The highest BCUT2D eigenvalue weighted by Crippen LogP contribution is 2.53. The Bertz CT molecular complexity index is 1820. The third-order valence-corrected chi connectivity index (χ3v) is 9.11. The summed E-state index contributed by atoms with van der Waals surface area (Å²) >= 11 is 0. The highest BCUT2D eigenvalue weighted by atomic mass is 16.3. The molecule has 11 heteroatoms. The smallest absolute Gasteiger partial charge is 0.255 e. The van der Waals surface area contributed by atoms with Crippen molar-refractivity contribution in [1.82, 2.24) is 9.88 Å². The van der Waals surface area contributed by atoms with Gasteiger partial charge in [-0.1, -0.05) is 30.3 Å². The van der Waals surface area contributed by atoms with E-state index in [1.165, 1.54) is 11.0 Å². The molecule has 1 aromatic heterocycles. The number of nitrogens with one attached hydrogen (secondary N) is 1. The number of hydrogen-bond donors (Lipinski definition) is 6. The summed E-state index contributed by atoms with van der Waals surface area (Å²) in [6.45, 7) is 0. The SMILES string of the molecule is CN(C)C1C(=O)C(C(N)=O)=C(O)C2(O)C(=O)C3=C(O)c4c(O)ccc(-c5cccc(CC(=O)c6ccc[nH]6)c5)c4CC3CC12. The molecule has 226 valence electrons. The van der Waals surface area contributed by atoms with Crippen LogP contribution in [-0.4, -0.2) is 79.3 Å². The minimum Gasteiger partial charge on any atom is -0.508 e. The molecule has 3 aliphatic rings. The largest absolute Gasteiger partial charge is 0.508 e. The van der Waals surface area contributed by atoms with Crippen LogP contribution < -0.4 is 5.73 Å². The fraction of sp³-hybridized carbons (Fsp3) is 0.273. The van der Waals surface area contributed by atoms with Gasteiger partial charge in [0.15, 0.2) is 17.2 Å². The predicted octanol–water partition coefficient (Wildman–Crippen LogP) is 2.38. The van der Waals surface area contributed by atoms with Crippen LogP contribution in [0.1, 0.15) is 33.6 Å². The van der Waals surface area contributed by atoms with E-state index < -0.39 is 58.0 Å². The Morgan fingerprint density at radius 2 is 1.82 bits per heavy atom. The van der Waals surface area contributed by atoms with E-state index in [-0.39, 0.29) is 41.9 Å². The van der Waals surface area contributed by atoms with E-state index in [0.717, 1.165) is 11.1 Å². The number of carbonyl (C=O) groups excluding carboxylic acids is 4. The van der Waals surface area contributed by atoms with Gasteiger partial charge in [-0.2, -0.15) is 0 Å². The Kier molecular flexibility index (Phi) is 6.82. The first-order valence-electron chi connectivity index (χ1n) is 14.1. The van der Waals surface area contributed by atoms with Gasteiger partial charge in [0.2, 0.25) is 5.78 Å². The number of nitrogens with zero attached hydrogens (tertiary/aromatic N) is 1. The summed E-state index contributed by atoms with van der Waals surface area (Å²) in [7, 11) is 3.11. The molecule has 0 spiro atoms. The molecule has 1 amide bonds. The predicted molar refractivity (Wildman–Crippen MR) is 159 cm³/mol. The van der Waals surface area contributed by atoms with E-state index in [9.17, 15) is 39.6 Å². The molecule has 0 bridgehead atoms. The highest BCUT2D eigenvalue weighted by molar-refractivity contribution is 6.24. The number of aromatic hydroxyl groups is 1. The van der Waals surface area contributed by atoms with E-state index in [0.29, 0.717) is 16.8 Å².